The summed E-state index contributed by atoms with van der Waals surface area (Å²) in [4.78, 5) is 12.0. The lowest BCUT2D eigenvalue weighted by Gasteiger charge is -2.34. The molecular formula is C18H18O5. The SMILES string of the molecule is CC1(C)OC(=O)/C(=C(/O)Cc2cccc3ccccc23)C(O)O1. The van der Waals surface area contributed by atoms with Crippen molar-refractivity contribution < 1.29 is 24.5 Å². The molecule has 1 atom stereocenters. The fourth-order valence-electron chi connectivity index (χ4n) is 2.71. The fraction of sp³-hybridized carbons (Fsp3) is 0.278. The van der Waals surface area contributed by atoms with Crippen molar-refractivity contribution in [2.24, 2.45) is 0 Å². The Hall–Kier alpha value is -2.37. The highest BCUT2D eigenvalue weighted by molar-refractivity contribution is 5.91. The van der Waals surface area contributed by atoms with E-state index in [1.807, 2.05) is 42.5 Å². The molecule has 0 radical (unpaired) electrons. The predicted molar refractivity (Wildman–Crippen MR) is 84.6 cm³/mol. The summed E-state index contributed by atoms with van der Waals surface area (Å²) in [6.45, 7) is 3.04. The molecule has 1 aliphatic rings. The first-order valence-electron chi connectivity index (χ1n) is 7.35. The van der Waals surface area contributed by atoms with Crippen molar-refractivity contribution in [3.05, 3.63) is 59.4 Å². The summed E-state index contributed by atoms with van der Waals surface area (Å²) in [5.41, 5.74) is 0.593. The molecule has 2 N–H and O–H groups in total. The van der Waals surface area contributed by atoms with Gasteiger partial charge >= 0.3 is 5.97 Å². The van der Waals surface area contributed by atoms with Crippen LogP contribution in [0.3, 0.4) is 0 Å². The monoisotopic (exact) mass is 314 g/mol. The van der Waals surface area contributed by atoms with Gasteiger partial charge in [0.1, 0.15) is 11.3 Å². The Labute approximate surface area is 133 Å². The minimum atomic E-state index is -1.51. The van der Waals surface area contributed by atoms with E-state index in [0.29, 0.717) is 0 Å². The van der Waals surface area contributed by atoms with Crippen LogP contribution in [0.15, 0.2) is 53.8 Å². The number of rotatable bonds is 2. The van der Waals surface area contributed by atoms with Crippen molar-refractivity contribution >= 4 is 16.7 Å². The van der Waals surface area contributed by atoms with E-state index in [1.54, 1.807) is 0 Å². The highest BCUT2D eigenvalue weighted by Gasteiger charge is 2.40. The first kappa shape index (κ1) is 15.5. The number of carbonyl (C=O) groups is 1. The zero-order valence-corrected chi connectivity index (χ0v) is 12.9. The molecule has 0 saturated carbocycles. The Morgan fingerprint density at radius 2 is 1.87 bits per heavy atom. The van der Waals surface area contributed by atoms with Gasteiger partial charge in [-0.15, -0.1) is 0 Å². The zero-order valence-electron chi connectivity index (χ0n) is 12.9. The first-order valence-corrected chi connectivity index (χ1v) is 7.35. The van der Waals surface area contributed by atoms with Gasteiger partial charge in [-0.05, 0) is 16.3 Å². The average molecular weight is 314 g/mol. The molecule has 3 rings (SSSR count). The van der Waals surface area contributed by atoms with Gasteiger partial charge in [-0.1, -0.05) is 42.5 Å². The summed E-state index contributed by atoms with van der Waals surface area (Å²) in [5, 5.41) is 22.3. The van der Waals surface area contributed by atoms with Crippen molar-refractivity contribution in [2.75, 3.05) is 0 Å². The maximum Gasteiger partial charge on any atom is 0.345 e. The molecule has 2 aromatic rings. The second kappa shape index (κ2) is 5.68. The maximum absolute atomic E-state index is 12.0. The molecule has 5 heteroatoms. The number of cyclic esters (lactones) is 1. The number of aliphatic hydroxyl groups excluding tert-OH is 2. The smallest absolute Gasteiger partial charge is 0.345 e. The number of allylic oxidation sites excluding steroid dienone is 1. The van der Waals surface area contributed by atoms with Crippen molar-refractivity contribution in [1.29, 1.82) is 0 Å². The lowest BCUT2D eigenvalue weighted by Crippen LogP contribution is -2.44. The van der Waals surface area contributed by atoms with E-state index in [9.17, 15) is 15.0 Å². The largest absolute Gasteiger partial charge is 0.511 e. The molecular weight excluding hydrogens is 296 g/mol. The molecule has 1 unspecified atom stereocenters. The van der Waals surface area contributed by atoms with Gasteiger partial charge in [-0.2, -0.15) is 0 Å². The summed E-state index contributed by atoms with van der Waals surface area (Å²) in [5.74, 6) is -2.25. The van der Waals surface area contributed by atoms with Gasteiger partial charge in [0.25, 0.3) is 0 Å². The Kier molecular flexibility index (Phi) is 3.83. The number of benzene rings is 2. The minimum Gasteiger partial charge on any atom is -0.511 e. The van der Waals surface area contributed by atoms with Crippen LogP contribution in [0.2, 0.25) is 0 Å². The second-order valence-corrected chi connectivity index (χ2v) is 5.93. The molecule has 5 nitrogen and oxygen atoms in total. The lowest BCUT2D eigenvalue weighted by atomic mass is 9.99. The van der Waals surface area contributed by atoms with E-state index in [4.69, 9.17) is 9.47 Å². The van der Waals surface area contributed by atoms with Gasteiger partial charge < -0.3 is 19.7 Å². The number of aliphatic hydroxyl groups is 2. The quantitative estimate of drug-likeness (QED) is 0.506. The molecule has 2 aromatic carbocycles. The van der Waals surface area contributed by atoms with E-state index in [0.717, 1.165) is 16.3 Å². The summed E-state index contributed by atoms with van der Waals surface area (Å²) in [7, 11) is 0. The van der Waals surface area contributed by atoms with Crippen LogP contribution < -0.4 is 0 Å². The molecule has 0 aliphatic carbocycles. The molecule has 0 aromatic heterocycles. The van der Waals surface area contributed by atoms with Gasteiger partial charge in [-0.3, -0.25) is 0 Å². The first-order chi connectivity index (χ1) is 10.9. The molecule has 120 valence electrons. The number of hydrogen-bond acceptors (Lipinski definition) is 5. The molecule has 1 fully saturated rings. The van der Waals surface area contributed by atoms with Crippen LogP contribution >= 0.6 is 0 Å². The summed E-state index contributed by atoms with van der Waals surface area (Å²) in [6.07, 6.45) is -1.41. The third kappa shape index (κ3) is 3.06. The normalized spacial score (nSPS) is 22.7. The highest BCUT2D eigenvalue weighted by Crippen LogP contribution is 2.29. The third-order valence-corrected chi connectivity index (χ3v) is 3.75. The molecule has 0 spiro atoms. The Balaban J connectivity index is 1.97. The number of esters is 1. The Morgan fingerprint density at radius 1 is 1.17 bits per heavy atom. The van der Waals surface area contributed by atoms with E-state index in [-0.39, 0.29) is 17.8 Å². The second-order valence-electron chi connectivity index (χ2n) is 5.93. The van der Waals surface area contributed by atoms with E-state index < -0.39 is 18.0 Å². The Morgan fingerprint density at radius 3 is 2.61 bits per heavy atom. The summed E-state index contributed by atoms with van der Waals surface area (Å²) >= 11 is 0. The maximum atomic E-state index is 12.0. The summed E-state index contributed by atoms with van der Waals surface area (Å²) < 4.78 is 10.3. The van der Waals surface area contributed by atoms with Crippen molar-refractivity contribution in [3.63, 3.8) is 0 Å². The molecule has 1 aliphatic heterocycles. The van der Waals surface area contributed by atoms with Gasteiger partial charge in [0.05, 0.1) is 0 Å². The highest BCUT2D eigenvalue weighted by atomic mass is 16.8. The van der Waals surface area contributed by atoms with E-state index in [2.05, 4.69) is 0 Å². The molecule has 23 heavy (non-hydrogen) atoms. The number of fused-ring (bicyclic) bond motifs is 1. The van der Waals surface area contributed by atoms with Crippen LogP contribution in [0.25, 0.3) is 10.8 Å². The topological polar surface area (TPSA) is 76.0 Å². The number of ether oxygens (including phenoxy) is 2. The number of hydrogen-bond donors (Lipinski definition) is 2. The fourth-order valence-corrected chi connectivity index (χ4v) is 2.71. The van der Waals surface area contributed by atoms with Crippen LogP contribution in [0.1, 0.15) is 19.4 Å². The lowest BCUT2D eigenvalue weighted by molar-refractivity contribution is -0.280. The van der Waals surface area contributed by atoms with E-state index >= 15 is 0 Å². The average Bonchev–Trinajstić information content (AvgIpc) is 2.45. The van der Waals surface area contributed by atoms with Crippen LogP contribution in [-0.4, -0.2) is 28.3 Å². The minimum absolute atomic E-state index is 0.104. The van der Waals surface area contributed by atoms with Crippen LogP contribution in [0, 0.1) is 0 Å². The molecule has 1 heterocycles. The van der Waals surface area contributed by atoms with Crippen molar-refractivity contribution in [1.82, 2.24) is 0 Å². The number of carbonyl (C=O) groups excluding carboxylic acids is 1. The van der Waals surface area contributed by atoms with Crippen molar-refractivity contribution in [3.8, 4) is 0 Å². The van der Waals surface area contributed by atoms with Crippen LogP contribution in [-0.2, 0) is 20.7 Å². The van der Waals surface area contributed by atoms with Gasteiger partial charge in [0.15, 0.2) is 6.29 Å². The van der Waals surface area contributed by atoms with Crippen LogP contribution in [0.4, 0.5) is 0 Å². The van der Waals surface area contributed by atoms with Crippen molar-refractivity contribution in [2.45, 2.75) is 32.3 Å². The van der Waals surface area contributed by atoms with Gasteiger partial charge in [0, 0.05) is 20.3 Å². The van der Waals surface area contributed by atoms with Gasteiger partial charge in [-0.25, -0.2) is 4.79 Å². The zero-order chi connectivity index (χ0) is 16.6. The van der Waals surface area contributed by atoms with Gasteiger partial charge in [0.2, 0.25) is 5.79 Å². The summed E-state index contributed by atoms with van der Waals surface area (Å²) in [6, 6.07) is 13.5. The standard InChI is InChI=1S/C18H18O5/c1-18(2)22-16(20)15(17(21)23-18)14(19)10-12-8-5-7-11-6-3-4-9-13(11)12/h3-9,16,19-20H,10H2,1-2H3/b15-14+. The predicted octanol–water partition coefficient (Wildman–Crippen LogP) is 2.82. The third-order valence-electron chi connectivity index (χ3n) is 3.75. The Bertz CT molecular complexity index is 786. The van der Waals surface area contributed by atoms with Crippen LogP contribution in [0.5, 0.6) is 0 Å². The van der Waals surface area contributed by atoms with E-state index in [1.165, 1.54) is 13.8 Å². The molecule has 0 amide bonds. The molecule has 0 bridgehead atoms. The molecule has 1 saturated heterocycles.